The molecule has 0 amide bonds. The average Bonchev–Trinajstić information content (AvgIpc) is 2.92. The van der Waals surface area contributed by atoms with E-state index in [9.17, 15) is 0 Å². The summed E-state index contributed by atoms with van der Waals surface area (Å²) in [5.74, 6) is 1.83. The average molecular weight is 291 g/mol. The number of fused-ring (bicyclic) bond motifs is 1. The molecule has 3 heterocycles. The Hall–Kier alpha value is -1.40. The number of rotatable bonds is 4. The molecule has 0 aromatic carbocycles. The Kier molecular flexibility index (Phi) is 4.03. The Labute approximate surface area is 123 Å². The summed E-state index contributed by atoms with van der Waals surface area (Å²) in [6, 6.07) is 2.22. The molecular formula is C14H21N5S. The lowest BCUT2D eigenvalue weighted by atomic mass is 10.3. The summed E-state index contributed by atoms with van der Waals surface area (Å²) < 4.78 is 0. The lowest BCUT2D eigenvalue weighted by Gasteiger charge is -2.27. The molecule has 20 heavy (non-hydrogen) atoms. The molecule has 0 unspecified atom stereocenters. The van der Waals surface area contributed by atoms with Crippen molar-refractivity contribution in [3.05, 3.63) is 10.9 Å². The van der Waals surface area contributed by atoms with Gasteiger partial charge in [-0.25, -0.2) is 4.98 Å². The summed E-state index contributed by atoms with van der Waals surface area (Å²) in [7, 11) is 0. The van der Waals surface area contributed by atoms with Crippen molar-refractivity contribution in [2.75, 3.05) is 42.9 Å². The molecule has 0 spiro atoms. The van der Waals surface area contributed by atoms with Gasteiger partial charge in [-0.2, -0.15) is 4.98 Å². The van der Waals surface area contributed by atoms with E-state index >= 15 is 0 Å². The van der Waals surface area contributed by atoms with Crippen LogP contribution in [0.3, 0.4) is 0 Å². The molecule has 1 aliphatic rings. The first-order valence-electron chi connectivity index (χ1n) is 7.31. The zero-order valence-electron chi connectivity index (χ0n) is 12.1. The fourth-order valence-corrected chi connectivity index (χ4v) is 3.41. The number of nitrogens with one attached hydrogen (secondary N) is 2. The van der Waals surface area contributed by atoms with E-state index < -0.39 is 0 Å². The minimum Gasteiger partial charge on any atom is -0.370 e. The maximum absolute atomic E-state index is 4.78. The Balaban J connectivity index is 2.03. The highest BCUT2D eigenvalue weighted by molar-refractivity contribution is 7.18. The van der Waals surface area contributed by atoms with Gasteiger partial charge in [0.15, 0.2) is 0 Å². The standard InChI is InChI=1S/C14H21N5S/c1-3-10-9-11-12(16-4-2)17-14(18-13(11)20-10)19-7-5-15-6-8-19/h9,15H,3-8H2,1-2H3,(H,16,17,18). The third kappa shape index (κ3) is 2.58. The Morgan fingerprint density at radius 2 is 2.10 bits per heavy atom. The summed E-state index contributed by atoms with van der Waals surface area (Å²) in [6.07, 6.45) is 1.05. The third-order valence-electron chi connectivity index (χ3n) is 3.52. The normalized spacial score (nSPS) is 15.8. The van der Waals surface area contributed by atoms with Gasteiger partial charge in [-0.1, -0.05) is 6.92 Å². The Morgan fingerprint density at radius 1 is 1.30 bits per heavy atom. The van der Waals surface area contributed by atoms with Crippen LogP contribution in [0.25, 0.3) is 10.2 Å². The monoisotopic (exact) mass is 291 g/mol. The quantitative estimate of drug-likeness (QED) is 0.903. The molecule has 0 saturated carbocycles. The van der Waals surface area contributed by atoms with Gasteiger partial charge in [0.2, 0.25) is 5.95 Å². The van der Waals surface area contributed by atoms with Crippen LogP contribution in [0, 0.1) is 0 Å². The largest absolute Gasteiger partial charge is 0.370 e. The molecule has 0 aliphatic carbocycles. The van der Waals surface area contributed by atoms with Gasteiger partial charge >= 0.3 is 0 Å². The van der Waals surface area contributed by atoms with Crippen LogP contribution in [0.1, 0.15) is 18.7 Å². The van der Waals surface area contributed by atoms with Gasteiger partial charge < -0.3 is 15.5 Å². The smallest absolute Gasteiger partial charge is 0.228 e. The van der Waals surface area contributed by atoms with Crippen LogP contribution in [0.2, 0.25) is 0 Å². The summed E-state index contributed by atoms with van der Waals surface area (Å²) in [6.45, 7) is 9.12. The minimum atomic E-state index is 0.861. The van der Waals surface area contributed by atoms with Crippen LogP contribution in [0.5, 0.6) is 0 Å². The van der Waals surface area contributed by atoms with Gasteiger partial charge in [-0.3, -0.25) is 0 Å². The first kappa shape index (κ1) is 13.6. The lowest BCUT2D eigenvalue weighted by Crippen LogP contribution is -2.44. The molecule has 1 fully saturated rings. The second-order valence-electron chi connectivity index (χ2n) is 4.92. The molecule has 2 aromatic rings. The van der Waals surface area contributed by atoms with Crippen molar-refractivity contribution in [1.82, 2.24) is 15.3 Å². The molecule has 1 saturated heterocycles. The summed E-state index contributed by atoms with van der Waals surface area (Å²) in [5.41, 5.74) is 0. The number of aryl methyl sites for hydroxylation is 1. The molecule has 108 valence electrons. The van der Waals surface area contributed by atoms with Gasteiger partial charge in [-0.05, 0) is 19.4 Å². The molecule has 6 heteroatoms. The molecule has 1 aliphatic heterocycles. The van der Waals surface area contributed by atoms with Crippen molar-refractivity contribution in [1.29, 1.82) is 0 Å². The van der Waals surface area contributed by atoms with Gasteiger partial charge in [0.1, 0.15) is 10.6 Å². The van der Waals surface area contributed by atoms with Crippen LogP contribution in [0.15, 0.2) is 6.07 Å². The molecule has 0 radical (unpaired) electrons. The highest BCUT2D eigenvalue weighted by Gasteiger charge is 2.17. The van der Waals surface area contributed by atoms with Crippen LogP contribution in [-0.4, -0.2) is 42.7 Å². The number of aromatic nitrogens is 2. The summed E-state index contributed by atoms with van der Waals surface area (Å²) in [4.78, 5) is 14.3. The van der Waals surface area contributed by atoms with E-state index in [0.29, 0.717) is 0 Å². The minimum absolute atomic E-state index is 0.861. The number of piperazine rings is 1. The highest BCUT2D eigenvalue weighted by Crippen LogP contribution is 2.31. The summed E-state index contributed by atoms with van der Waals surface area (Å²) >= 11 is 1.78. The van der Waals surface area contributed by atoms with Crippen molar-refractivity contribution in [3.63, 3.8) is 0 Å². The first-order chi connectivity index (χ1) is 9.81. The van der Waals surface area contributed by atoms with Crippen LogP contribution < -0.4 is 15.5 Å². The number of nitrogens with zero attached hydrogens (tertiary/aromatic N) is 3. The van der Waals surface area contributed by atoms with Gasteiger partial charge in [0.25, 0.3) is 0 Å². The first-order valence-corrected chi connectivity index (χ1v) is 8.13. The van der Waals surface area contributed by atoms with E-state index in [1.165, 1.54) is 4.88 Å². The topological polar surface area (TPSA) is 53.1 Å². The predicted molar refractivity (Wildman–Crippen MR) is 86.0 cm³/mol. The third-order valence-corrected chi connectivity index (χ3v) is 4.70. The fourth-order valence-electron chi connectivity index (χ4n) is 2.44. The Bertz CT molecular complexity index is 589. The highest BCUT2D eigenvalue weighted by atomic mass is 32.1. The predicted octanol–water partition coefficient (Wildman–Crippen LogP) is 2.10. The maximum Gasteiger partial charge on any atom is 0.228 e. The van der Waals surface area contributed by atoms with Crippen molar-refractivity contribution in [2.24, 2.45) is 0 Å². The number of hydrogen-bond donors (Lipinski definition) is 2. The zero-order chi connectivity index (χ0) is 13.9. The van der Waals surface area contributed by atoms with Gasteiger partial charge in [0, 0.05) is 37.6 Å². The zero-order valence-corrected chi connectivity index (χ0v) is 12.9. The fraction of sp³-hybridized carbons (Fsp3) is 0.571. The van der Waals surface area contributed by atoms with Crippen LogP contribution >= 0.6 is 11.3 Å². The van der Waals surface area contributed by atoms with E-state index in [4.69, 9.17) is 9.97 Å². The Morgan fingerprint density at radius 3 is 2.80 bits per heavy atom. The van der Waals surface area contributed by atoms with E-state index in [1.54, 1.807) is 11.3 Å². The number of hydrogen-bond acceptors (Lipinski definition) is 6. The number of thiophene rings is 1. The molecule has 2 N–H and O–H groups in total. The SMILES string of the molecule is CCNc1nc(N2CCNCC2)nc2sc(CC)cc12. The summed E-state index contributed by atoms with van der Waals surface area (Å²) in [5, 5.41) is 7.90. The second-order valence-corrected chi connectivity index (χ2v) is 6.04. The molecule has 3 rings (SSSR count). The van der Waals surface area contributed by atoms with Gasteiger partial charge in [-0.15, -0.1) is 11.3 Å². The van der Waals surface area contributed by atoms with E-state index in [2.05, 4.69) is 35.4 Å². The van der Waals surface area contributed by atoms with Crippen molar-refractivity contribution < 1.29 is 0 Å². The van der Waals surface area contributed by atoms with Gasteiger partial charge in [0.05, 0.1) is 5.39 Å². The second kappa shape index (κ2) is 5.93. The lowest BCUT2D eigenvalue weighted by molar-refractivity contribution is 0.581. The molecule has 0 bridgehead atoms. The van der Waals surface area contributed by atoms with E-state index in [-0.39, 0.29) is 0 Å². The van der Waals surface area contributed by atoms with E-state index in [0.717, 1.165) is 61.1 Å². The van der Waals surface area contributed by atoms with Crippen LogP contribution in [0.4, 0.5) is 11.8 Å². The van der Waals surface area contributed by atoms with Crippen molar-refractivity contribution >= 4 is 33.3 Å². The van der Waals surface area contributed by atoms with Crippen LogP contribution in [-0.2, 0) is 6.42 Å². The molecule has 2 aromatic heterocycles. The van der Waals surface area contributed by atoms with Crippen molar-refractivity contribution in [3.8, 4) is 0 Å². The number of anilines is 2. The molecular weight excluding hydrogens is 270 g/mol. The molecule has 0 atom stereocenters. The van der Waals surface area contributed by atoms with E-state index in [1.807, 2.05) is 0 Å². The van der Waals surface area contributed by atoms with Crippen molar-refractivity contribution in [2.45, 2.75) is 20.3 Å². The molecule has 5 nitrogen and oxygen atoms in total. The maximum atomic E-state index is 4.78.